The predicted molar refractivity (Wildman–Crippen MR) is 150 cm³/mol. The van der Waals surface area contributed by atoms with Crippen molar-refractivity contribution in [2.75, 3.05) is 94.7 Å². The molecule has 2 aromatic heterocycles. The highest BCUT2D eigenvalue weighted by molar-refractivity contribution is 5.91. The van der Waals surface area contributed by atoms with Gasteiger partial charge in [0.25, 0.3) is 6.43 Å². The van der Waals surface area contributed by atoms with Gasteiger partial charge in [-0.05, 0) is 6.08 Å². The van der Waals surface area contributed by atoms with E-state index in [-0.39, 0.29) is 53.5 Å². The molecule has 5 rings (SSSR count). The highest BCUT2D eigenvalue weighted by Crippen LogP contribution is 2.30. The number of amides is 3. The van der Waals surface area contributed by atoms with Gasteiger partial charge in [-0.3, -0.25) is 14.4 Å². The van der Waals surface area contributed by atoms with Crippen LogP contribution in [-0.4, -0.2) is 137 Å². The number of aromatic nitrogens is 5. The van der Waals surface area contributed by atoms with Crippen LogP contribution in [0, 0.1) is 5.92 Å². The third-order valence-corrected chi connectivity index (χ3v) is 7.57. The summed E-state index contributed by atoms with van der Waals surface area (Å²) in [4.78, 5) is 66.9. The van der Waals surface area contributed by atoms with Gasteiger partial charge in [-0.1, -0.05) is 6.58 Å². The Hall–Kier alpha value is -4.54. The van der Waals surface area contributed by atoms with Crippen LogP contribution in [-0.2, 0) is 19.1 Å². The zero-order chi connectivity index (χ0) is 30.7. The van der Waals surface area contributed by atoms with Crippen LogP contribution in [0.5, 0.6) is 0 Å². The molecule has 0 spiro atoms. The molecule has 2 N–H and O–H groups in total. The number of alkyl halides is 2. The van der Waals surface area contributed by atoms with Crippen LogP contribution >= 0.6 is 0 Å². The van der Waals surface area contributed by atoms with Gasteiger partial charge >= 0.3 is 0 Å². The number of hydrogen-bond donors (Lipinski definition) is 1. The molecule has 0 bridgehead atoms. The van der Waals surface area contributed by atoms with Crippen molar-refractivity contribution in [1.29, 1.82) is 0 Å². The highest BCUT2D eigenvalue weighted by atomic mass is 19.3. The molecule has 3 amide bonds. The largest absolute Gasteiger partial charge is 0.378 e. The number of rotatable bonds is 8. The molecule has 15 nitrogen and oxygen atoms in total. The summed E-state index contributed by atoms with van der Waals surface area (Å²) in [6.45, 7) is 7.36. The van der Waals surface area contributed by atoms with E-state index in [2.05, 4.69) is 31.5 Å². The number of morpholine rings is 1. The van der Waals surface area contributed by atoms with Gasteiger partial charge in [0.05, 0.1) is 31.2 Å². The number of carbonyl (C=O) groups is 3. The van der Waals surface area contributed by atoms with E-state index in [1.54, 1.807) is 11.9 Å². The number of likely N-dealkylation sites (tertiary alicyclic amines) is 1. The molecular weight excluding hydrogens is 568 g/mol. The van der Waals surface area contributed by atoms with Gasteiger partial charge in [0.1, 0.15) is 5.69 Å². The molecular formula is C26H33F2N11O4. The number of piperazine rings is 1. The predicted octanol–water partition coefficient (Wildman–Crippen LogP) is -0.564. The monoisotopic (exact) mass is 601 g/mol. The van der Waals surface area contributed by atoms with Crippen molar-refractivity contribution in [1.82, 2.24) is 39.6 Å². The Morgan fingerprint density at radius 1 is 1.02 bits per heavy atom. The summed E-state index contributed by atoms with van der Waals surface area (Å²) in [5, 5.41) is 0. The summed E-state index contributed by atoms with van der Waals surface area (Å²) in [5.41, 5.74) is 4.93. The minimum Gasteiger partial charge on any atom is -0.378 e. The number of nitrogens with two attached hydrogens (primary N) is 1. The second-order valence-electron chi connectivity index (χ2n) is 10.4. The molecule has 5 heterocycles. The number of likely N-dealkylation sites (N-methyl/N-ethyl adjacent to an activating group) is 1. The highest BCUT2D eigenvalue weighted by Gasteiger charge is 2.37. The Kier molecular flexibility index (Phi) is 8.89. The SMILES string of the molecule is C=CC(=O)N1CC(C(=O)N(C)CC(=O)N2CCN(c3nc(-c4cnc(N)nc4C(F)F)nc(N4CCOCC4)n3)CC2)C1. The summed E-state index contributed by atoms with van der Waals surface area (Å²) in [5.74, 6) is -0.677. The van der Waals surface area contributed by atoms with Crippen LogP contribution in [0.3, 0.4) is 0 Å². The Morgan fingerprint density at radius 3 is 2.26 bits per heavy atom. The average molecular weight is 602 g/mol. The van der Waals surface area contributed by atoms with Crippen molar-refractivity contribution >= 4 is 35.6 Å². The van der Waals surface area contributed by atoms with E-state index in [9.17, 15) is 23.2 Å². The van der Waals surface area contributed by atoms with Crippen molar-refractivity contribution in [3.05, 3.63) is 24.5 Å². The third kappa shape index (κ3) is 6.60. The molecule has 0 saturated carbocycles. The molecule has 43 heavy (non-hydrogen) atoms. The number of nitrogens with zero attached hydrogens (tertiary/aromatic N) is 10. The summed E-state index contributed by atoms with van der Waals surface area (Å²) in [6, 6.07) is 0. The summed E-state index contributed by atoms with van der Waals surface area (Å²) in [7, 11) is 1.57. The number of anilines is 3. The standard InChI is InChI=1S/C26H33F2N11O4/c1-3-18(40)39-13-16(14-39)23(42)35(2)15-19(41)36-4-6-37(7-5-36)25-32-22(17-12-30-24(29)31-20(17)21(27)28)33-26(34-25)38-8-10-43-11-9-38/h3,12,16,21H,1,4-11,13-15H2,2H3,(H2,29,30,31). The molecule has 230 valence electrons. The maximum Gasteiger partial charge on any atom is 0.281 e. The smallest absolute Gasteiger partial charge is 0.281 e. The minimum absolute atomic E-state index is 0.00946. The second-order valence-corrected chi connectivity index (χ2v) is 10.4. The lowest BCUT2D eigenvalue weighted by Crippen LogP contribution is -2.57. The second kappa shape index (κ2) is 12.8. The van der Waals surface area contributed by atoms with Crippen molar-refractivity contribution in [2.45, 2.75) is 6.43 Å². The van der Waals surface area contributed by atoms with Crippen LogP contribution in [0.15, 0.2) is 18.9 Å². The molecule has 0 unspecified atom stereocenters. The number of carbonyl (C=O) groups excluding carboxylic acids is 3. The van der Waals surface area contributed by atoms with Crippen molar-refractivity contribution < 1.29 is 27.9 Å². The van der Waals surface area contributed by atoms with Crippen molar-refractivity contribution in [2.24, 2.45) is 5.92 Å². The van der Waals surface area contributed by atoms with Crippen LogP contribution in [0.1, 0.15) is 12.1 Å². The number of halogens is 2. The fourth-order valence-electron chi connectivity index (χ4n) is 5.06. The van der Waals surface area contributed by atoms with Crippen molar-refractivity contribution in [3.8, 4) is 11.4 Å². The van der Waals surface area contributed by atoms with Crippen LogP contribution in [0.4, 0.5) is 26.6 Å². The van der Waals surface area contributed by atoms with Gasteiger partial charge in [0, 0.05) is 65.6 Å². The Labute approximate surface area is 246 Å². The van der Waals surface area contributed by atoms with E-state index >= 15 is 0 Å². The van der Waals surface area contributed by atoms with Gasteiger partial charge in [0.2, 0.25) is 35.6 Å². The van der Waals surface area contributed by atoms with E-state index in [4.69, 9.17) is 10.5 Å². The van der Waals surface area contributed by atoms with E-state index in [0.717, 1.165) is 0 Å². The van der Waals surface area contributed by atoms with Gasteiger partial charge in [-0.25, -0.2) is 18.7 Å². The van der Waals surface area contributed by atoms with Crippen LogP contribution < -0.4 is 15.5 Å². The number of ether oxygens (including phenoxy) is 1. The zero-order valence-corrected chi connectivity index (χ0v) is 23.7. The topological polar surface area (TPSA) is 167 Å². The first kappa shape index (κ1) is 29.9. The molecule has 17 heteroatoms. The molecule has 0 aliphatic carbocycles. The fraction of sp³-hybridized carbons (Fsp3) is 0.538. The summed E-state index contributed by atoms with van der Waals surface area (Å²) in [6.07, 6.45) is -0.537. The summed E-state index contributed by atoms with van der Waals surface area (Å²) < 4.78 is 33.1. The van der Waals surface area contributed by atoms with Gasteiger partial charge in [-0.15, -0.1) is 0 Å². The molecule has 3 fully saturated rings. The fourth-order valence-corrected chi connectivity index (χ4v) is 5.06. The molecule has 3 aliphatic rings. The molecule has 0 aromatic carbocycles. The Morgan fingerprint density at radius 2 is 1.65 bits per heavy atom. The molecule has 3 aliphatic heterocycles. The molecule has 0 radical (unpaired) electrons. The number of nitrogen functional groups attached to an aromatic ring is 1. The van der Waals surface area contributed by atoms with Gasteiger partial charge < -0.3 is 35.0 Å². The van der Waals surface area contributed by atoms with E-state index in [0.29, 0.717) is 71.5 Å². The summed E-state index contributed by atoms with van der Waals surface area (Å²) >= 11 is 0. The normalized spacial score (nSPS) is 17.6. The lowest BCUT2D eigenvalue weighted by molar-refractivity contribution is -0.148. The molecule has 0 atom stereocenters. The van der Waals surface area contributed by atoms with Crippen LogP contribution in [0.25, 0.3) is 11.4 Å². The quantitative estimate of drug-likeness (QED) is 0.384. The Balaban J connectivity index is 1.27. The van der Waals surface area contributed by atoms with Crippen LogP contribution in [0.2, 0.25) is 0 Å². The first-order valence-corrected chi connectivity index (χ1v) is 13.8. The minimum atomic E-state index is -2.93. The van der Waals surface area contributed by atoms with Crippen molar-refractivity contribution in [3.63, 3.8) is 0 Å². The van der Waals surface area contributed by atoms with E-state index < -0.39 is 12.1 Å². The molecule has 2 aromatic rings. The lowest BCUT2D eigenvalue weighted by atomic mass is 9.98. The first-order valence-electron chi connectivity index (χ1n) is 13.8. The molecule has 3 saturated heterocycles. The maximum atomic E-state index is 13.9. The third-order valence-electron chi connectivity index (χ3n) is 7.57. The van der Waals surface area contributed by atoms with E-state index in [1.807, 2.05) is 9.80 Å². The number of hydrogen-bond acceptors (Lipinski definition) is 12. The Bertz CT molecular complexity index is 1380. The van der Waals surface area contributed by atoms with Gasteiger partial charge in [0.15, 0.2) is 5.82 Å². The zero-order valence-electron chi connectivity index (χ0n) is 23.7. The lowest BCUT2D eigenvalue weighted by Gasteiger charge is -2.40. The first-order chi connectivity index (χ1) is 20.6. The average Bonchev–Trinajstić information content (AvgIpc) is 3.00. The van der Waals surface area contributed by atoms with Gasteiger partial charge in [-0.2, -0.15) is 15.0 Å². The maximum absolute atomic E-state index is 13.9. The van der Waals surface area contributed by atoms with E-state index in [1.165, 1.54) is 22.1 Å².